The minimum Gasteiger partial charge on any atom is -0.463 e. The first kappa shape index (κ1) is 23.7. The summed E-state index contributed by atoms with van der Waals surface area (Å²) in [7, 11) is 1.62. The van der Waals surface area contributed by atoms with E-state index in [-0.39, 0.29) is 36.6 Å². The van der Waals surface area contributed by atoms with Gasteiger partial charge in [-0.15, -0.1) is 0 Å². The smallest absolute Gasteiger partial charge is 0.349 e. The average Bonchev–Trinajstić information content (AvgIpc) is 3.01. The fraction of sp³-hybridized carbons (Fsp3) is 0.429. The van der Waals surface area contributed by atoms with Gasteiger partial charge in [0.1, 0.15) is 18.2 Å². The number of urea groups is 1. The van der Waals surface area contributed by atoms with Crippen LogP contribution in [-0.4, -0.2) is 56.0 Å². The van der Waals surface area contributed by atoms with E-state index in [2.05, 4.69) is 10.6 Å². The second kappa shape index (κ2) is 11.0. The van der Waals surface area contributed by atoms with Crippen LogP contribution in [0.15, 0.2) is 22.9 Å². The van der Waals surface area contributed by atoms with Crippen LogP contribution in [0.3, 0.4) is 0 Å². The van der Waals surface area contributed by atoms with Crippen LogP contribution in [0, 0.1) is 25.2 Å². The third-order valence-electron chi connectivity index (χ3n) is 4.70. The van der Waals surface area contributed by atoms with Gasteiger partial charge >= 0.3 is 18.0 Å². The summed E-state index contributed by atoms with van der Waals surface area (Å²) >= 11 is 0. The lowest BCUT2D eigenvalue weighted by atomic mass is 10.1. The number of nitriles is 1. The van der Waals surface area contributed by atoms with Crippen LogP contribution >= 0.6 is 0 Å². The standard InChI is InChI=1S/C21H26N4O6/c1-5-30-20(27)17-11-23-21(28)24-18(17)12-31-19(26)16(10-22)9-15-8-13(2)25(14(15)3)6-7-29-4/h8-9H,5-7,11-12H2,1-4H3,(H2,23,24,28)/b16-9+. The first-order valence-corrected chi connectivity index (χ1v) is 9.70. The van der Waals surface area contributed by atoms with Crippen molar-refractivity contribution in [2.75, 3.05) is 33.5 Å². The molecule has 0 aromatic carbocycles. The van der Waals surface area contributed by atoms with Crippen LogP contribution in [0.5, 0.6) is 0 Å². The number of hydrogen-bond donors (Lipinski definition) is 2. The highest BCUT2D eigenvalue weighted by Crippen LogP contribution is 2.19. The molecule has 2 rings (SSSR count). The highest BCUT2D eigenvalue weighted by Gasteiger charge is 2.25. The van der Waals surface area contributed by atoms with Crippen molar-refractivity contribution in [3.05, 3.63) is 39.9 Å². The number of aryl methyl sites for hydroxylation is 1. The van der Waals surface area contributed by atoms with Gasteiger partial charge in [0, 0.05) is 25.0 Å². The number of rotatable bonds is 9. The Morgan fingerprint density at radius 2 is 2.06 bits per heavy atom. The monoisotopic (exact) mass is 430 g/mol. The second-order valence-corrected chi connectivity index (χ2v) is 6.70. The molecule has 0 aliphatic carbocycles. The Bertz CT molecular complexity index is 967. The molecule has 10 heteroatoms. The number of amides is 2. The lowest BCUT2D eigenvalue weighted by molar-refractivity contribution is -0.140. The fourth-order valence-electron chi connectivity index (χ4n) is 3.08. The molecule has 10 nitrogen and oxygen atoms in total. The summed E-state index contributed by atoms with van der Waals surface area (Å²) in [5.74, 6) is -1.49. The van der Waals surface area contributed by atoms with E-state index in [9.17, 15) is 19.6 Å². The van der Waals surface area contributed by atoms with Gasteiger partial charge in [0.15, 0.2) is 0 Å². The Kier molecular flexibility index (Phi) is 8.40. The van der Waals surface area contributed by atoms with Crippen LogP contribution in [0.1, 0.15) is 23.9 Å². The van der Waals surface area contributed by atoms with Crippen molar-refractivity contribution in [2.45, 2.75) is 27.3 Å². The topological polar surface area (TPSA) is 132 Å². The number of aromatic nitrogens is 1. The molecule has 0 fully saturated rings. The number of carbonyl (C=O) groups excluding carboxylic acids is 3. The number of nitrogens with zero attached hydrogens (tertiary/aromatic N) is 2. The molecule has 0 unspecified atom stereocenters. The quantitative estimate of drug-likeness (QED) is 0.343. The molecule has 2 heterocycles. The molecule has 1 aromatic rings. The van der Waals surface area contributed by atoms with Gasteiger partial charge in [-0.2, -0.15) is 5.26 Å². The molecule has 166 valence electrons. The molecule has 0 bridgehead atoms. The molecule has 2 N–H and O–H groups in total. The summed E-state index contributed by atoms with van der Waals surface area (Å²) in [6.45, 7) is 6.37. The summed E-state index contributed by atoms with van der Waals surface area (Å²) in [6, 6.07) is 3.18. The van der Waals surface area contributed by atoms with Crippen LogP contribution in [0.25, 0.3) is 6.08 Å². The number of esters is 2. The number of carbonyl (C=O) groups is 3. The lowest BCUT2D eigenvalue weighted by Gasteiger charge is -2.21. The predicted octanol–water partition coefficient (Wildman–Crippen LogP) is 1.33. The Labute approximate surface area is 180 Å². The van der Waals surface area contributed by atoms with E-state index < -0.39 is 18.0 Å². The van der Waals surface area contributed by atoms with Crippen molar-refractivity contribution < 1.29 is 28.6 Å². The van der Waals surface area contributed by atoms with Gasteiger partial charge in [-0.3, -0.25) is 0 Å². The van der Waals surface area contributed by atoms with Gasteiger partial charge in [-0.1, -0.05) is 0 Å². The van der Waals surface area contributed by atoms with Crippen molar-refractivity contribution in [1.82, 2.24) is 15.2 Å². The number of methoxy groups -OCH3 is 1. The molecule has 0 radical (unpaired) electrons. The van der Waals surface area contributed by atoms with Gasteiger partial charge in [0.05, 0.1) is 31.0 Å². The second-order valence-electron chi connectivity index (χ2n) is 6.70. The first-order valence-electron chi connectivity index (χ1n) is 9.70. The summed E-state index contributed by atoms with van der Waals surface area (Å²) < 4.78 is 17.3. The normalized spacial score (nSPS) is 13.9. The van der Waals surface area contributed by atoms with E-state index in [0.717, 1.165) is 11.4 Å². The molecule has 1 aromatic heterocycles. The molecule has 0 spiro atoms. The zero-order valence-corrected chi connectivity index (χ0v) is 18.0. The minimum absolute atomic E-state index is 0.0496. The first-order chi connectivity index (χ1) is 14.8. The zero-order valence-electron chi connectivity index (χ0n) is 18.0. The third kappa shape index (κ3) is 5.96. The highest BCUT2D eigenvalue weighted by molar-refractivity contribution is 5.98. The summed E-state index contributed by atoms with van der Waals surface area (Å²) in [5, 5.41) is 14.3. The van der Waals surface area contributed by atoms with Gasteiger partial charge in [0.25, 0.3) is 0 Å². The van der Waals surface area contributed by atoms with Crippen LogP contribution in [0.2, 0.25) is 0 Å². The van der Waals surface area contributed by atoms with Gasteiger partial charge < -0.3 is 29.4 Å². The lowest BCUT2D eigenvalue weighted by Crippen LogP contribution is -2.45. The van der Waals surface area contributed by atoms with Crippen molar-refractivity contribution in [1.29, 1.82) is 5.26 Å². The maximum Gasteiger partial charge on any atom is 0.349 e. The summed E-state index contributed by atoms with van der Waals surface area (Å²) in [5.41, 5.74) is 2.62. The molecule has 0 saturated heterocycles. The maximum absolute atomic E-state index is 12.5. The van der Waals surface area contributed by atoms with E-state index >= 15 is 0 Å². The average molecular weight is 430 g/mol. The number of nitrogens with one attached hydrogen (secondary N) is 2. The number of ether oxygens (including phenoxy) is 3. The Morgan fingerprint density at radius 3 is 2.71 bits per heavy atom. The Balaban J connectivity index is 2.19. The van der Waals surface area contributed by atoms with Gasteiger partial charge in [0.2, 0.25) is 0 Å². The van der Waals surface area contributed by atoms with Gasteiger partial charge in [-0.05, 0) is 38.5 Å². The number of hydrogen-bond acceptors (Lipinski definition) is 7. The van der Waals surface area contributed by atoms with Crippen molar-refractivity contribution in [3.8, 4) is 6.07 Å². The largest absolute Gasteiger partial charge is 0.463 e. The maximum atomic E-state index is 12.5. The van der Waals surface area contributed by atoms with Crippen LogP contribution in [0.4, 0.5) is 4.79 Å². The Morgan fingerprint density at radius 1 is 1.32 bits per heavy atom. The van der Waals surface area contributed by atoms with E-state index in [0.29, 0.717) is 18.7 Å². The third-order valence-corrected chi connectivity index (χ3v) is 4.70. The van der Waals surface area contributed by atoms with Crippen LogP contribution in [-0.2, 0) is 30.3 Å². The minimum atomic E-state index is -0.868. The van der Waals surface area contributed by atoms with E-state index in [1.54, 1.807) is 14.0 Å². The summed E-state index contributed by atoms with van der Waals surface area (Å²) in [6.07, 6.45) is 1.45. The van der Waals surface area contributed by atoms with Crippen molar-refractivity contribution in [3.63, 3.8) is 0 Å². The van der Waals surface area contributed by atoms with Crippen molar-refractivity contribution >= 4 is 24.0 Å². The zero-order chi connectivity index (χ0) is 23.0. The molecule has 1 aliphatic rings. The molecule has 0 saturated carbocycles. The summed E-state index contributed by atoms with van der Waals surface area (Å²) in [4.78, 5) is 36.1. The van der Waals surface area contributed by atoms with Gasteiger partial charge in [-0.25, -0.2) is 14.4 Å². The molecule has 31 heavy (non-hydrogen) atoms. The van der Waals surface area contributed by atoms with E-state index in [1.165, 1.54) is 6.08 Å². The van der Waals surface area contributed by atoms with Crippen LogP contribution < -0.4 is 10.6 Å². The molecule has 2 amide bonds. The molecule has 1 aliphatic heterocycles. The van der Waals surface area contributed by atoms with Crippen molar-refractivity contribution in [2.24, 2.45) is 0 Å². The van der Waals surface area contributed by atoms with E-state index in [1.807, 2.05) is 30.6 Å². The molecular formula is C21H26N4O6. The predicted molar refractivity (Wildman–Crippen MR) is 111 cm³/mol. The Hall–Kier alpha value is -3.58. The highest BCUT2D eigenvalue weighted by atomic mass is 16.5. The molecule has 0 atom stereocenters. The fourth-order valence-corrected chi connectivity index (χ4v) is 3.08. The van der Waals surface area contributed by atoms with E-state index in [4.69, 9.17) is 14.2 Å². The molecular weight excluding hydrogens is 404 g/mol. The SMILES string of the molecule is CCOC(=O)C1=C(COC(=O)/C(C#N)=C/c2cc(C)n(CCOC)c2C)NC(=O)NC1.